The molecule has 2 nitrogen and oxygen atoms in total. The summed E-state index contributed by atoms with van der Waals surface area (Å²) in [6.07, 6.45) is -4.67. The van der Waals surface area contributed by atoms with Crippen molar-refractivity contribution in [2.75, 3.05) is 0 Å². The fourth-order valence-corrected chi connectivity index (χ4v) is 1.63. The molecule has 0 radical (unpaired) electrons. The molecule has 0 unspecified atom stereocenters. The highest BCUT2D eigenvalue weighted by Gasteiger charge is 2.38. The summed E-state index contributed by atoms with van der Waals surface area (Å²) < 4.78 is 51.5. The Morgan fingerprint density at radius 1 is 1.17 bits per heavy atom. The van der Waals surface area contributed by atoms with Crippen LogP contribution in [0.2, 0.25) is 0 Å². The van der Waals surface area contributed by atoms with Crippen molar-refractivity contribution in [1.82, 2.24) is 4.98 Å². The number of aromatic amines is 1. The Bertz CT molecular complexity index is 460. The van der Waals surface area contributed by atoms with Crippen LogP contribution in [0.25, 0.3) is 0 Å². The zero-order chi connectivity index (χ0) is 14.7. The minimum Gasteiger partial charge on any atom is -0.323 e. The summed E-state index contributed by atoms with van der Waals surface area (Å²) in [5.41, 5.74) is -3.13. The van der Waals surface area contributed by atoms with Gasteiger partial charge in [-0.3, -0.25) is 4.79 Å². The van der Waals surface area contributed by atoms with E-state index in [9.17, 15) is 22.4 Å². The number of aromatic nitrogens is 1. The van der Waals surface area contributed by atoms with Crippen molar-refractivity contribution in [1.29, 1.82) is 0 Å². The standard InChI is InChI=1S/C10H11F4NO.C2H6/c1-4(2)6-7(10(12,13)14)5(3)15-9(16)8(6)11;1-2/h4H,1-3H3,(H,15,16);1-2H3. The largest absolute Gasteiger partial charge is 0.418 e. The monoisotopic (exact) mass is 267 g/mol. The summed E-state index contributed by atoms with van der Waals surface area (Å²) >= 11 is 0. The molecule has 104 valence electrons. The van der Waals surface area contributed by atoms with Gasteiger partial charge in [-0.2, -0.15) is 13.2 Å². The molecule has 0 atom stereocenters. The van der Waals surface area contributed by atoms with Gasteiger partial charge in [0.1, 0.15) is 0 Å². The lowest BCUT2D eigenvalue weighted by atomic mass is 9.96. The van der Waals surface area contributed by atoms with E-state index in [1.807, 2.05) is 18.8 Å². The predicted octanol–water partition coefficient (Wildman–Crippen LogP) is 3.99. The number of hydrogen-bond acceptors (Lipinski definition) is 1. The van der Waals surface area contributed by atoms with Crippen LogP contribution in [-0.2, 0) is 6.18 Å². The second-order valence-corrected chi connectivity index (χ2v) is 3.83. The Kier molecular flexibility index (Phi) is 5.57. The van der Waals surface area contributed by atoms with Crippen LogP contribution in [0.3, 0.4) is 0 Å². The lowest BCUT2D eigenvalue weighted by molar-refractivity contribution is -0.139. The third kappa shape index (κ3) is 3.34. The topological polar surface area (TPSA) is 32.9 Å². The van der Waals surface area contributed by atoms with Gasteiger partial charge >= 0.3 is 6.18 Å². The smallest absolute Gasteiger partial charge is 0.323 e. The molecule has 0 saturated carbocycles. The summed E-state index contributed by atoms with van der Waals surface area (Å²) in [5.74, 6) is -2.06. The van der Waals surface area contributed by atoms with E-state index < -0.39 is 34.6 Å². The van der Waals surface area contributed by atoms with Crippen molar-refractivity contribution in [3.8, 4) is 0 Å². The van der Waals surface area contributed by atoms with E-state index in [1.54, 1.807) is 0 Å². The average Bonchev–Trinajstić information content (AvgIpc) is 2.23. The number of pyridine rings is 1. The highest BCUT2D eigenvalue weighted by atomic mass is 19.4. The Morgan fingerprint density at radius 3 is 1.94 bits per heavy atom. The number of hydrogen-bond donors (Lipinski definition) is 1. The Balaban J connectivity index is 0.00000137. The predicted molar refractivity (Wildman–Crippen MR) is 62.2 cm³/mol. The van der Waals surface area contributed by atoms with E-state index in [2.05, 4.69) is 0 Å². The molecule has 0 aliphatic heterocycles. The Morgan fingerprint density at radius 2 is 1.61 bits per heavy atom. The molecule has 0 bridgehead atoms. The van der Waals surface area contributed by atoms with Gasteiger partial charge in [0.05, 0.1) is 5.56 Å². The van der Waals surface area contributed by atoms with Gasteiger partial charge in [-0.15, -0.1) is 0 Å². The van der Waals surface area contributed by atoms with Crippen molar-refractivity contribution in [2.45, 2.75) is 46.7 Å². The van der Waals surface area contributed by atoms with Crippen molar-refractivity contribution >= 4 is 0 Å². The second kappa shape index (κ2) is 6.02. The summed E-state index contributed by atoms with van der Waals surface area (Å²) in [7, 11) is 0. The van der Waals surface area contributed by atoms with Crippen LogP contribution in [-0.4, -0.2) is 4.98 Å². The first-order valence-corrected chi connectivity index (χ1v) is 5.65. The first-order valence-electron chi connectivity index (χ1n) is 5.65. The quantitative estimate of drug-likeness (QED) is 0.767. The maximum atomic E-state index is 13.4. The SMILES string of the molecule is CC.Cc1[nH]c(=O)c(F)c(C(C)C)c1C(F)(F)F. The molecule has 1 rings (SSSR count). The molecule has 0 amide bonds. The van der Waals surface area contributed by atoms with Crippen molar-refractivity contribution in [3.63, 3.8) is 0 Å². The van der Waals surface area contributed by atoms with Crippen LogP contribution in [0.15, 0.2) is 4.79 Å². The Hall–Kier alpha value is -1.33. The van der Waals surface area contributed by atoms with E-state index in [4.69, 9.17) is 0 Å². The molecule has 1 aromatic rings. The number of rotatable bonds is 1. The normalized spacial score (nSPS) is 11.2. The summed E-state index contributed by atoms with van der Waals surface area (Å²) in [4.78, 5) is 12.9. The van der Waals surface area contributed by atoms with Gasteiger partial charge in [-0.05, 0) is 12.8 Å². The minimum absolute atomic E-state index is 0.359. The van der Waals surface area contributed by atoms with E-state index in [-0.39, 0.29) is 5.69 Å². The Labute approximate surface area is 103 Å². The molecule has 0 spiro atoms. The zero-order valence-corrected chi connectivity index (χ0v) is 11.0. The molecule has 1 aromatic heterocycles. The van der Waals surface area contributed by atoms with Crippen LogP contribution in [0.4, 0.5) is 17.6 Å². The number of alkyl halides is 3. The fourth-order valence-electron chi connectivity index (χ4n) is 1.63. The lowest BCUT2D eigenvalue weighted by Gasteiger charge is -2.17. The highest BCUT2D eigenvalue weighted by molar-refractivity contribution is 5.35. The van der Waals surface area contributed by atoms with Gasteiger partial charge in [0.15, 0.2) is 5.82 Å². The molecular weight excluding hydrogens is 250 g/mol. The fraction of sp³-hybridized carbons (Fsp3) is 0.583. The van der Waals surface area contributed by atoms with Crippen molar-refractivity contribution in [3.05, 3.63) is 33.0 Å². The third-order valence-corrected chi connectivity index (χ3v) is 2.24. The van der Waals surface area contributed by atoms with Crippen LogP contribution >= 0.6 is 0 Å². The summed E-state index contributed by atoms with van der Waals surface area (Å²) in [6, 6.07) is 0. The van der Waals surface area contributed by atoms with Crippen molar-refractivity contribution < 1.29 is 17.6 Å². The second-order valence-electron chi connectivity index (χ2n) is 3.83. The molecule has 0 fully saturated rings. The van der Waals surface area contributed by atoms with E-state index in [0.29, 0.717) is 0 Å². The molecule has 0 aliphatic rings. The van der Waals surface area contributed by atoms with E-state index >= 15 is 0 Å². The van der Waals surface area contributed by atoms with Gasteiger partial charge in [0.25, 0.3) is 5.56 Å². The first-order chi connectivity index (χ1) is 8.16. The molecule has 0 saturated heterocycles. The molecule has 18 heavy (non-hydrogen) atoms. The van der Waals surface area contributed by atoms with E-state index in [1.165, 1.54) is 13.8 Å². The van der Waals surface area contributed by atoms with Gasteiger partial charge in [0, 0.05) is 11.3 Å². The maximum Gasteiger partial charge on any atom is 0.418 e. The minimum atomic E-state index is -4.67. The highest BCUT2D eigenvalue weighted by Crippen LogP contribution is 2.36. The molecule has 6 heteroatoms. The molecular formula is C12H17F4NO. The molecule has 0 aliphatic carbocycles. The van der Waals surface area contributed by atoms with Crippen molar-refractivity contribution in [2.24, 2.45) is 0 Å². The van der Waals surface area contributed by atoms with Gasteiger partial charge in [0.2, 0.25) is 0 Å². The van der Waals surface area contributed by atoms with Crippen LogP contribution < -0.4 is 5.56 Å². The third-order valence-electron chi connectivity index (χ3n) is 2.24. The van der Waals surface area contributed by atoms with Crippen LogP contribution in [0.1, 0.15) is 50.4 Å². The van der Waals surface area contributed by atoms with E-state index in [0.717, 1.165) is 6.92 Å². The molecule has 1 heterocycles. The number of H-pyrrole nitrogens is 1. The molecule has 0 aromatic carbocycles. The summed E-state index contributed by atoms with van der Waals surface area (Å²) in [5, 5.41) is 0. The van der Waals surface area contributed by atoms with Gasteiger partial charge in [-0.1, -0.05) is 27.7 Å². The van der Waals surface area contributed by atoms with Gasteiger partial charge < -0.3 is 4.98 Å². The number of nitrogens with one attached hydrogen (secondary N) is 1. The number of halogens is 4. The number of aryl methyl sites for hydroxylation is 1. The first kappa shape index (κ1) is 16.7. The van der Waals surface area contributed by atoms with Gasteiger partial charge in [-0.25, -0.2) is 4.39 Å². The van der Waals surface area contributed by atoms with Crippen LogP contribution in [0, 0.1) is 12.7 Å². The lowest BCUT2D eigenvalue weighted by Crippen LogP contribution is -2.23. The van der Waals surface area contributed by atoms with Crippen LogP contribution in [0.5, 0.6) is 0 Å². The summed E-state index contributed by atoms with van der Waals surface area (Å²) in [6.45, 7) is 7.93. The molecule has 1 N–H and O–H groups in total. The average molecular weight is 267 g/mol. The zero-order valence-electron chi connectivity index (χ0n) is 11.0. The maximum absolute atomic E-state index is 13.4.